The van der Waals surface area contributed by atoms with Crippen molar-refractivity contribution in [3.63, 3.8) is 0 Å². The van der Waals surface area contributed by atoms with Crippen LogP contribution in [0, 0.1) is 0 Å². The van der Waals surface area contributed by atoms with E-state index >= 15 is 0 Å². The average Bonchev–Trinajstić information content (AvgIpc) is 2.48. The Bertz CT molecular complexity index is 382. The molecule has 11 heteroatoms. The van der Waals surface area contributed by atoms with Crippen molar-refractivity contribution in [2.24, 2.45) is 0 Å². The van der Waals surface area contributed by atoms with Crippen molar-refractivity contribution in [1.29, 1.82) is 0 Å². The van der Waals surface area contributed by atoms with Gasteiger partial charge >= 0.3 is 6.09 Å². The van der Waals surface area contributed by atoms with Crippen molar-refractivity contribution in [2.45, 2.75) is 47.8 Å². The highest BCUT2D eigenvalue weighted by atomic mass is 35.6. The number of nitrogens with one attached hydrogen (secondary N) is 1. The van der Waals surface area contributed by atoms with Gasteiger partial charge in [0.25, 0.3) is 0 Å². The first-order valence-electron chi connectivity index (χ1n) is 6.93. The smallest absolute Gasteiger partial charge is 0.407 e. The molecular formula is C12H20Cl3NO7. The summed E-state index contributed by atoms with van der Waals surface area (Å²) in [5.74, 6) is 0. The van der Waals surface area contributed by atoms with E-state index in [1.807, 2.05) is 6.92 Å². The molecular weight excluding hydrogens is 376 g/mol. The molecule has 1 saturated heterocycles. The molecule has 0 aromatic carbocycles. The number of aliphatic hydroxyl groups is 3. The molecule has 4 N–H and O–H groups in total. The second-order valence-electron chi connectivity index (χ2n) is 4.94. The molecule has 0 aliphatic carbocycles. The van der Waals surface area contributed by atoms with Crippen LogP contribution in [0.15, 0.2) is 0 Å². The third-order valence-corrected chi connectivity index (χ3v) is 3.35. The molecule has 5 atom stereocenters. The molecule has 1 amide bonds. The molecule has 1 heterocycles. The number of halogens is 3. The molecule has 1 fully saturated rings. The predicted octanol–water partition coefficient (Wildman–Crippen LogP) is 0.317. The molecule has 1 aliphatic rings. The van der Waals surface area contributed by atoms with Crippen LogP contribution in [0.25, 0.3) is 0 Å². The zero-order chi connectivity index (χ0) is 17.6. The Morgan fingerprint density at radius 1 is 1.30 bits per heavy atom. The molecule has 23 heavy (non-hydrogen) atoms. The first-order chi connectivity index (χ1) is 10.7. The highest BCUT2D eigenvalue weighted by molar-refractivity contribution is 6.67. The molecule has 0 bridgehead atoms. The maximum absolute atomic E-state index is 11.7. The second kappa shape index (κ2) is 9.43. The van der Waals surface area contributed by atoms with Gasteiger partial charge in [0.15, 0.2) is 6.29 Å². The number of hydrogen-bond donors (Lipinski definition) is 4. The number of carbonyl (C=O) groups is 1. The third-order valence-electron chi connectivity index (χ3n) is 3.02. The number of ether oxygens (including phenoxy) is 3. The van der Waals surface area contributed by atoms with Crippen LogP contribution in [0.5, 0.6) is 0 Å². The van der Waals surface area contributed by atoms with Gasteiger partial charge in [-0.1, -0.05) is 41.7 Å². The van der Waals surface area contributed by atoms with Gasteiger partial charge in [-0.05, 0) is 6.42 Å². The summed E-state index contributed by atoms with van der Waals surface area (Å²) in [6.07, 6.45) is -5.30. The normalized spacial score (nSPS) is 31.7. The summed E-state index contributed by atoms with van der Waals surface area (Å²) in [7, 11) is 0. The first-order valence-corrected chi connectivity index (χ1v) is 8.07. The van der Waals surface area contributed by atoms with Crippen molar-refractivity contribution >= 4 is 40.9 Å². The summed E-state index contributed by atoms with van der Waals surface area (Å²) in [6.45, 7) is 1.12. The minimum Gasteiger partial charge on any atom is -0.445 e. The molecule has 1 aliphatic heterocycles. The highest BCUT2D eigenvalue weighted by Gasteiger charge is 2.45. The lowest BCUT2D eigenvalue weighted by atomic mass is 9.97. The van der Waals surface area contributed by atoms with Crippen LogP contribution >= 0.6 is 34.8 Å². The van der Waals surface area contributed by atoms with Gasteiger partial charge in [-0.3, -0.25) is 0 Å². The van der Waals surface area contributed by atoms with E-state index in [9.17, 15) is 15.0 Å². The van der Waals surface area contributed by atoms with Crippen molar-refractivity contribution < 1.29 is 34.3 Å². The van der Waals surface area contributed by atoms with E-state index in [1.165, 1.54) is 0 Å². The van der Waals surface area contributed by atoms with E-state index in [0.717, 1.165) is 0 Å². The zero-order valence-electron chi connectivity index (χ0n) is 12.3. The predicted molar refractivity (Wildman–Crippen MR) is 82.6 cm³/mol. The molecule has 0 saturated carbocycles. The number of alkyl carbamates (subject to hydrolysis) is 1. The van der Waals surface area contributed by atoms with Crippen molar-refractivity contribution in [1.82, 2.24) is 5.32 Å². The van der Waals surface area contributed by atoms with Crippen LogP contribution in [0.1, 0.15) is 13.3 Å². The Morgan fingerprint density at radius 2 is 1.96 bits per heavy atom. The Labute approximate surface area is 148 Å². The average molecular weight is 397 g/mol. The second-order valence-corrected chi connectivity index (χ2v) is 7.45. The number of alkyl halides is 3. The number of hydrogen-bond acceptors (Lipinski definition) is 7. The van der Waals surface area contributed by atoms with E-state index in [0.29, 0.717) is 6.42 Å². The van der Waals surface area contributed by atoms with E-state index in [-0.39, 0.29) is 6.61 Å². The SMILES string of the molecule is CCCO[C@@H]1OC(CO)[C@@H](O)[C@H](O)C1NC(=O)OCC(Cl)(Cl)Cl. The molecule has 2 unspecified atom stereocenters. The van der Waals surface area contributed by atoms with Gasteiger partial charge in [-0.2, -0.15) is 0 Å². The van der Waals surface area contributed by atoms with Crippen LogP contribution in [-0.2, 0) is 14.2 Å². The van der Waals surface area contributed by atoms with E-state index in [1.54, 1.807) is 0 Å². The lowest BCUT2D eigenvalue weighted by Crippen LogP contribution is -2.64. The Balaban J connectivity index is 2.71. The monoisotopic (exact) mass is 395 g/mol. The fraction of sp³-hybridized carbons (Fsp3) is 0.917. The van der Waals surface area contributed by atoms with Gasteiger partial charge in [0, 0.05) is 6.61 Å². The van der Waals surface area contributed by atoms with Crippen LogP contribution in [0.3, 0.4) is 0 Å². The molecule has 0 radical (unpaired) electrons. The molecule has 136 valence electrons. The summed E-state index contributed by atoms with van der Waals surface area (Å²) in [6, 6.07) is -1.12. The van der Waals surface area contributed by atoms with E-state index in [2.05, 4.69) is 5.32 Å². The van der Waals surface area contributed by atoms with Gasteiger partial charge in [-0.25, -0.2) is 4.79 Å². The maximum Gasteiger partial charge on any atom is 0.407 e. The van der Waals surface area contributed by atoms with Crippen LogP contribution in [0.2, 0.25) is 0 Å². The number of amides is 1. The summed E-state index contributed by atoms with van der Waals surface area (Å²) >= 11 is 16.4. The van der Waals surface area contributed by atoms with Crippen LogP contribution < -0.4 is 5.32 Å². The molecule has 0 spiro atoms. The van der Waals surface area contributed by atoms with Crippen molar-refractivity contribution in [2.75, 3.05) is 19.8 Å². The van der Waals surface area contributed by atoms with Crippen molar-refractivity contribution in [3.05, 3.63) is 0 Å². The summed E-state index contributed by atoms with van der Waals surface area (Å²) in [5.41, 5.74) is 0. The largest absolute Gasteiger partial charge is 0.445 e. The first kappa shape index (κ1) is 21.0. The topological polar surface area (TPSA) is 117 Å². The minimum absolute atomic E-state index is 0.285. The Morgan fingerprint density at radius 3 is 2.48 bits per heavy atom. The lowest BCUT2D eigenvalue weighted by Gasteiger charge is -2.42. The molecule has 8 nitrogen and oxygen atoms in total. The van der Waals surface area contributed by atoms with E-state index in [4.69, 9.17) is 54.1 Å². The van der Waals surface area contributed by atoms with Crippen LogP contribution in [0.4, 0.5) is 4.79 Å². The van der Waals surface area contributed by atoms with Gasteiger partial charge in [0.2, 0.25) is 3.79 Å². The van der Waals surface area contributed by atoms with Crippen molar-refractivity contribution in [3.8, 4) is 0 Å². The van der Waals surface area contributed by atoms with E-state index < -0.39 is 53.7 Å². The molecule has 1 rings (SSSR count). The van der Waals surface area contributed by atoms with Gasteiger partial charge in [0.1, 0.15) is 31.0 Å². The zero-order valence-corrected chi connectivity index (χ0v) is 14.6. The standard InChI is InChI=1S/C12H20Cl3NO7/c1-2-3-21-10-7(9(19)8(18)6(4-17)23-10)16-11(20)22-5-12(13,14)15/h6-10,17-19H,2-5H2,1H3,(H,16,20)/t6?,7?,8-,9-,10-/m1/s1. The fourth-order valence-corrected chi connectivity index (χ4v) is 2.10. The summed E-state index contributed by atoms with van der Waals surface area (Å²) in [5, 5.41) is 31.4. The molecule has 0 aromatic heterocycles. The summed E-state index contributed by atoms with van der Waals surface area (Å²) < 4.78 is 13.7. The highest BCUT2D eigenvalue weighted by Crippen LogP contribution is 2.26. The molecule has 0 aromatic rings. The number of aliphatic hydroxyl groups excluding tert-OH is 3. The summed E-state index contributed by atoms with van der Waals surface area (Å²) in [4.78, 5) is 11.7. The lowest BCUT2D eigenvalue weighted by molar-refractivity contribution is -0.269. The maximum atomic E-state index is 11.7. The number of carbonyl (C=O) groups excluding carboxylic acids is 1. The minimum atomic E-state index is -1.78. The Hall–Kier alpha value is -0.0600. The number of rotatable bonds is 6. The van der Waals surface area contributed by atoms with Gasteiger partial charge in [0.05, 0.1) is 6.61 Å². The third kappa shape index (κ3) is 6.75. The fourth-order valence-electron chi connectivity index (χ4n) is 1.94. The van der Waals surface area contributed by atoms with Gasteiger partial charge < -0.3 is 34.8 Å². The van der Waals surface area contributed by atoms with Crippen LogP contribution in [-0.4, -0.2) is 75.7 Å². The van der Waals surface area contributed by atoms with Gasteiger partial charge in [-0.15, -0.1) is 0 Å². The Kier molecular flexibility index (Phi) is 8.60. The quantitative estimate of drug-likeness (QED) is 0.478.